The van der Waals surface area contributed by atoms with Gasteiger partial charge in [0.1, 0.15) is 0 Å². The molecule has 0 aromatic heterocycles. The van der Waals surface area contributed by atoms with E-state index < -0.39 is 0 Å². The zero-order valence-electron chi connectivity index (χ0n) is 11.5. The van der Waals surface area contributed by atoms with Crippen LogP contribution in [0.4, 0.5) is 0 Å². The molecule has 0 heterocycles. The van der Waals surface area contributed by atoms with Crippen molar-refractivity contribution in [2.24, 2.45) is 11.8 Å². The van der Waals surface area contributed by atoms with Gasteiger partial charge in [0.2, 0.25) is 5.91 Å². The SMILES string of the molecule is O=C(CC1CCCCC1)NCCCOCC1CC1. The summed E-state index contributed by atoms with van der Waals surface area (Å²) in [5.74, 6) is 1.72. The van der Waals surface area contributed by atoms with E-state index in [1.165, 1.54) is 44.9 Å². The van der Waals surface area contributed by atoms with E-state index in [-0.39, 0.29) is 5.91 Å². The molecule has 2 saturated carbocycles. The average molecular weight is 253 g/mol. The summed E-state index contributed by atoms with van der Waals surface area (Å²) in [6.45, 7) is 2.49. The largest absolute Gasteiger partial charge is 0.381 e. The molecule has 2 aliphatic rings. The minimum absolute atomic E-state index is 0.240. The number of hydrogen-bond donors (Lipinski definition) is 1. The first-order chi connectivity index (χ1) is 8.84. The van der Waals surface area contributed by atoms with E-state index in [4.69, 9.17) is 4.74 Å². The lowest BCUT2D eigenvalue weighted by atomic mass is 9.87. The highest BCUT2D eigenvalue weighted by Gasteiger charge is 2.20. The number of nitrogens with one attached hydrogen (secondary N) is 1. The maximum atomic E-state index is 11.7. The molecular formula is C15H27NO2. The van der Waals surface area contributed by atoms with Crippen LogP contribution in [-0.2, 0) is 9.53 Å². The van der Waals surface area contributed by atoms with Gasteiger partial charge in [0.25, 0.3) is 0 Å². The Morgan fingerprint density at radius 2 is 1.83 bits per heavy atom. The van der Waals surface area contributed by atoms with Gasteiger partial charge in [-0.1, -0.05) is 19.3 Å². The summed E-state index contributed by atoms with van der Waals surface area (Å²) >= 11 is 0. The van der Waals surface area contributed by atoms with E-state index in [1.807, 2.05) is 0 Å². The molecule has 0 atom stereocenters. The number of ether oxygens (including phenoxy) is 1. The predicted octanol–water partition coefficient (Wildman–Crippen LogP) is 2.89. The average Bonchev–Trinajstić information content (AvgIpc) is 3.19. The Balaban J connectivity index is 1.41. The molecule has 0 aromatic rings. The fourth-order valence-electron chi connectivity index (χ4n) is 2.66. The fraction of sp³-hybridized carbons (Fsp3) is 0.933. The van der Waals surface area contributed by atoms with Gasteiger partial charge >= 0.3 is 0 Å². The highest BCUT2D eigenvalue weighted by atomic mass is 16.5. The third-order valence-corrected chi connectivity index (χ3v) is 4.04. The molecule has 3 heteroatoms. The van der Waals surface area contributed by atoms with Crippen LogP contribution < -0.4 is 5.32 Å². The molecule has 0 saturated heterocycles. The molecule has 2 rings (SSSR count). The summed E-state index contributed by atoms with van der Waals surface area (Å²) in [6.07, 6.45) is 10.9. The third-order valence-electron chi connectivity index (χ3n) is 4.04. The van der Waals surface area contributed by atoms with Crippen molar-refractivity contribution in [3.8, 4) is 0 Å². The van der Waals surface area contributed by atoms with E-state index >= 15 is 0 Å². The molecule has 0 aliphatic heterocycles. The second-order valence-corrected chi connectivity index (χ2v) is 5.93. The fourth-order valence-corrected chi connectivity index (χ4v) is 2.66. The normalized spacial score (nSPS) is 20.9. The lowest BCUT2D eigenvalue weighted by Crippen LogP contribution is -2.27. The van der Waals surface area contributed by atoms with Gasteiger partial charge < -0.3 is 10.1 Å². The van der Waals surface area contributed by atoms with Crippen LogP contribution in [0.2, 0.25) is 0 Å². The molecule has 18 heavy (non-hydrogen) atoms. The standard InChI is InChI=1S/C15H27NO2/c17-15(11-13-5-2-1-3-6-13)16-9-4-10-18-12-14-7-8-14/h13-14H,1-12H2,(H,16,17). The zero-order valence-corrected chi connectivity index (χ0v) is 11.5. The summed E-state index contributed by atoms with van der Waals surface area (Å²) in [5.41, 5.74) is 0. The van der Waals surface area contributed by atoms with Crippen LogP contribution in [0.25, 0.3) is 0 Å². The molecule has 2 fully saturated rings. The molecule has 0 unspecified atom stereocenters. The lowest BCUT2D eigenvalue weighted by molar-refractivity contribution is -0.122. The highest BCUT2D eigenvalue weighted by Crippen LogP contribution is 2.28. The van der Waals surface area contributed by atoms with Crippen molar-refractivity contribution >= 4 is 5.91 Å². The van der Waals surface area contributed by atoms with Crippen molar-refractivity contribution in [1.29, 1.82) is 0 Å². The summed E-state index contributed by atoms with van der Waals surface area (Å²) in [6, 6.07) is 0. The minimum Gasteiger partial charge on any atom is -0.381 e. The highest BCUT2D eigenvalue weighted by molar-refractivity contribution is 5.76. The first kappa shape index (κ1) is 13.9. The Kier molecular flexibility index (Phi) is 5.98. The Hall–Kier alpha value is -0.570. The van der Waals surface area contributed by atoms with Gasteiger partial charge in [-0.15, -0.1) is 0 Å². The Morgan fingerprint density at radius 1 is 1.06 bits per heavy atom. The van der Waals surface area contributed by atoms with Crippen LogP contribution >= 0.6 is 0 Å². The molecule has 2 aliphatic carbocycles. The van der Waals surface area contributed by atoms with E-state index in [0.29, 0.717) is 5.92 Å². The lowest BCUT2D eigenvalue weighted by Gasteiger charge is -2.20. The van der Waals surface area contributed by atoms with E-state index in [9.17, 15) is 4.79 Å². The van der Waals surface area contributed by atoms with Crippen LogP contribution in [-0.4, -0.2) is 25.7 Å². The molecule has 0 aromatic carbocycles. The molecular weight excluding hydrogens is 226 g/mol. The number of carbonyl (C=O) groups is 1. The van der Waals surface area contributed by atoms with Crippen LogP contribution in [0.15, 0.2) is 0 Å². The maximum absolute atomic E-state index is 11.7. The van der Waals surface area contributed by atoms with Crippen LogP contribution in [0, 0.1) is 11.8 Å². The molecule has 104 valence electrons. The van der Waals surface area contributed by atoms with Crippen LogP contribution in [0.1, 0.15) is 57.8 Å². The van der Waals surface area contributed by atoms with Gasteiger partial charge in [-0.25, -0.2) is 0 Å². The second-order valence-electron chi connectivity index (χ2n) is 5.93. The van der Waals surface area contributed by atoms with Gasteiger partial charge in [-0.05, 0) is 43.9 Å². The van der Waals surface area contributed by atoms with E-state index in [1.54, 1.807) is 0 Å². The number of amides is 1. The Bertz CT molecular complexity index is 245. The van der Waals surface area contributed by atoms with Gasteiger partial charge in [-0.2, -0.15) is 0 Å². The molecule has 1 amide bonds. The first-order valence-corrected chi connectivity index (χ1v) is 7.69. The van der Waals surface area contributed by atoms with Crippen molar-refractivity contribution in [1.82, 2.24) is 5.32 Å². The van der Waals surface area contributed by atoms with E-state index in [2.05, 4.69) is 5.32 Å². The third kappa shape index (κ3) is 5.85. The summed E-state index contributed by atoms with van der Waals surface area (Å²) in [4.78, 5) is 11.7. The van der Waals surface area contributed by atoms with Crippen LogP contribution in [0.3, 0.4) is 0 Å². The first-order valence-electron chi connectivity index (χ1n) is 7.69. The molecule has 3 nitrogen and oxygen atoms in total. The van der Waals surface area contributed by atoms with Crippen molar-refractivity contribution in [3.05, 3.63) is 0 Å². The van der Waals surface area contributed by atoms with Gasteiger partial charge in [0.05, 0.1) is 0 Å². The summed E-state index contributed by atoms with van der Waals surface area (Å²) < 4.78 is 5.54. The van der Waals surface area contributed by atoms with Gasteiger partial charge in [0, 0.05) is 26.2 Å². The summed E-state index contributed by atoms with van der Waals surface area (Å²) in [7, 11) is 0. The van der Waals surface area contributed by atoms with Gasteiger partial charge in [-0.3, -0.25) is 4.79 Å². The zero-order chi connectivity index (χ0) is 12.6. The summed E-state index contributed by atoms with van der Waals surface area (Å²) in [5, 5.41) is 3.01. The van der Waals surface area contributed by atoms with Crippen molar-refractivity contribution in [2.45, 2.75) is 57.8 Å². The topological polar surface area (TPSA) is 38.3 Å². The minimum atomic E-state index is 0.240. The molecule has 0 spiro atoms. The monoisotopic (exact) mass is 253 g/mol. The predicted molar refractivity (Wildman–Crippen MR) is 72.4 cm³/mol. The van der Waals surface area contributed by atoms with Gasteiger partial charge in [0.15, 0.2) is 0 Å². The number of rotatable bonds is 8. The number of carbonyl (C=O) groups excluding carboxylic acids is 1. The van der Waals surface area contributed by atoms with Crippen molar-refractivity contribution in [3.63, 3.8) is 0 Å². The Labute approximate surface area is 111 Å². The molecule has 0 bridgehead atoms. The number of hydrogen-bond acceptors (Lipinski definition) is 2. The van der Waals surface area contributed by atoms with E-state index in [0.717, 1.165) is 38.5 Å². The maximum Gasteiger partial charge on any atom is 0.220 e. The van der Waals surface area contributed by atoms with Crippen molar-refractivity contribution in [2.75, 3.05) is 19.8 Å². The quantitative estimate of drug-likeness (QED) is 0.675. The molecule has 1 N–H and O–H groups in total. The second kappa shape index (κ2) is 7.78. The smallest absolute Gasteiger partial charge is 0.220 e. The van der Waals surface area contributed by atoms with Crippen LogP contribution in [0.5, 0.6) is 0 Å². The van der Waals surface area contributed by atoms with Crippen molar-refractivity contribution < 1.29 is 9.53 Å². The Morgan fingerprint density at radius 3 is 2.56 bits per heavy atom. The molecule has 0 radical (unpaired) electrons.